The average Bonchev–Trinajstić information content (AvgIpc) is 2.24. The topological polar surface area (TPSA) is 29.4 Å². The lowest BCUT2D eigenvalue weighted by Crippen LogP contribution is -2.19. The van der Waals surface area contributed by atoms with Crippen molar-refractivity contribution in [1.82, 2.24) is 0 Å². The molecule has 1 aromatic carbocycles. The minimum atomic E-state index is -4.44. The molecule has 0 radical (unpaired) electrons. The van der Waals surface area contributed by atoms with E-state index in [0.29, 0.717) is 0 Å². The predicted molar refractivity (Wildman–Crippen MR) is 74.6 cm³/mol. The van der Waals surface area contributed by atoms with Crippen LogP contribution in [0.5, 0.6) is 0 Å². The molecule has 0 saturated heterocycles. The lowest BCUT2D eigenvalue weighted by atomic mass is 10.1. The highest BCUT2D eigenvalue weighted by atomic mass is 79.9. The zero-order chi connectivity index (χ0) is 14.8. The van der Waals surface area contributed by atoms with Gasteiger partial charge in [0.05, 0.1) is 10.3 Å². The second kappa shape index (κ2) is 5.75. The summed E-state index contributed by atoms with van der Waals surface area (Å²) in [7, 11) is -1.49. The molecular weight excluding hydrogens is 343 g/mol. The van der Waals surface area contributed by atoms with Crippen LogP contribution in [-0.2, 0) is 17.2 Å². The molecule has 0 heterocycles. The van der Waals surface area contributed by atoms with E-state index >= 15 is 0 Å². The molecule has 2 nitrogen and oxygen atoms in total. The van der Waals surface area contributed by atoms with E-state index in [9.17, 15) is 17.4 Å². The van der Waals surface area contributed by atoms with Crippen molar-refractivity contribution in [3.05, 3.63) is 33.8 Å². The van der Waals surface area contributed by atoms with Gasteiger partial charge in [-0.25, -0.2) is 4.21 Å². The quantitative estimate of drug-likeness (QED) is 0.725. The van der Waals surface area contributed by atoms with Crippen molar-refractivity contribution >= 4 is 33.1 Å². The van der Waals surface area contributed by atoms with E-state index in [1.54, 1.807) is 20.8 Å². The SMILES string of the molecule is CC(C)(C)[S@@](=O)N=Cc1ccc(Br)c(C(F)(F)F)c1. The Hall–Kier alpha value is -0.690. The zero-order valence-corrected chi connectivity index (χ0v) is 13.0. The maximum absolute atomic E-state index is 12.7. The molecule has 0 amide bonds. The van der Waals surface area contributed by atoms with Crippen molar-refractivity contribution in [2.45, 2.75) is 31.7 Å². The summed E-state index contributed by atoms with van der Waals surface area (Å²) in [5.74, 6) is 0. The molecule has 0 fully saturated rings. The van der Waals surface area contributed by atoms with E-state index in [1.165, 1.54) is 18.3 Å². The molecule has 106 valence electrons. The van der Waals surface area contributed by atoms with Gasteiger partial charge in [0.2, 0.25) is 0 Å². The molecule has 1 rings (SSSR count). The van der Waals surface area contributed by atoms with Crippen molar-refractivity contribution in [2.75, 3.05) is 0 Å². The molecule has 0 saturated carbocycles. The van der Waals surface area contributed by atoms with Gasteiger partial charge in [-0.2, -0.15) is 17.6 Å². The van der Waals surface area contributed by atoms with Gasteiger partial charge in [-0.15, -0.1) is 0 Å². The molecule has 1 aromatic rings. The van der Waals surface area contributed by atoms with E-state index < -0.39 is 27.5 Å². The highest BCUT2D eigenvalue weighted by Crippen LogP contribution is 2.35. The summed E-state index contributed by atoms with van der Waals surface area (Å²) in [5.41, 5.74) is -0.522. The summed E-state index contributed by atoms with van der Waals surface area (Å²) in [6, 6.07) is 3.74. The fourth-order valence-electron chi connectivity index (χ4n) is 1.11. The predicted octanol–water partition coefficient (Wildman–Crippen LogP) is 4.35. The maximum atomic E-state index is 12.7. The van der Waals surface area contributed by atoms with Crippen LogP contribution in [0.15, 0.2) is 27.1 Å². The van der Waals surface area contributed by atoms with Crippen LogP contribution < -0.4 is 0 Å². The van der Waals surface area contributed by atoms with Gasteiger partial charge in [0.15, 0.2) is 0 Å². The van der Waals surface area contributed by atoms with E-state index in [-0.39, 0.29) is 10.0 Å². The highest BCUT2D eigenvalue weighted by molar-refractivity contribution is 9.10. The van der Waals surface area contributed by atoms with Gasteiger partial charge in [-0.05, 0) is 38.5 Å². The fraction of sp³-hybridized carbons (Fsp3) is 0.417. The number of benzene rings is 1. The first-order valence-electron chi connectivity index (χ1n) is 5.34. The molecule has 1 atom stereocenters. The van der Waals surface area contributed by atoms with Crippen LogP contribution >= 0.6 is 15.9 Å². The third-order valence-electron chi connectivity index (χ3n) is 2.12. The molecular formula is C12H13BrF3NOS. The molecule has 0 aliphatic heterocycles. The fourth-order valence-corrected chi connectivity index (χ4v) is 2.11. The van der Waals surface area contributed by atoms with E-state index in [0.717, 1.165) is 6.07 Å². The van der Waals surface area contributed by atoms with Crippen LogP contribution in [0.4, 0.5) is 13.2 Å². The Labute approximate surface area is 120 Å². The van der Waals surface area contributed by atoms with Crippen LogP contribution in [0.25, 0.3) is 0 Å². The monoisotopic (exact) mass is 355 g/mol. The Morgan fingerprint density at radius 3 is 2.32 bits per heavy atom. The van der Waals surface area contributed by atoms with Crippen molar-refractivity contribution < 1.29 is 17.4 Å². The standard InChI is InChI=1S/C12H13BrF3NOS/c1-11(2,3)19(18)17-7-8-4-5-10(13)9(6-8)12(14,15)16/h4-7H,1-3H3/t19-/m1/s1. The second-order valence-electron chi connectivity index (χ2n) is 4.83. The van der Waals surface area contributed by atoms with Gasteiger partial charge in [0.25, 0.3) is 0 Å². The lowest BCUT2D eigenvalue weighted by Gasteiger charge is -2.13. The second-order valence-corrected chi connectivity index (χ2v) is 7.62. The molecule has 0 aliphatic carbocycles. The summed E-state index contributed by atoms with van der Waals surface area (Å²) in [6.07, 6.45) is -3.24. The van der Waals surface area contributed by atoms with Gasteiger partial charge >= 0.3 is 6.18 Å². The van der Waals surface area contributed by atoms with Crippen LogP contribution in [0.3, 0.4) is 0 Å². The number of rotatable bonds is 2. The maximum Gasteiger partial charge on any atom is 0.417 e. The Bertz CT molecular complexity index is 521. The molecule has 0 N–H and O–H groups in total. The number of halogens is 4. The third-order valence-corrected chi connectivity index (χ3v) is 4.15. The van der Waals surface area contributed by atoms with E-state index in [2.05, 4.69) is 20.3 Å². The van der Waals surface area contributed by atoms with Crippen LogP contribution in [-0.4, -0.2) is 15.2 Å². The Kier molecular flexibility index (Phi) is 4.95. The molecule has 0 aromatic heterocycles. The molecule has 7 heteroatoms. The average molecular weight is 356 g/mol. The summed E-state index contributed by atoms with van der Waals surface area (Å²) in [5, 5.41) is 0. The van der Waals surface area contributed by atoms with Gasteiger partial charge in [0, 0.05) is 10.7 Å². The van der Waals surface area contributed by atoms with Gasteiger partial charge in [-0.1, -0.05) is 22.0 Å². The number of hydrogen-bond acceptors (Lipinski definition) is 1. The Balaban J connectivity index is 3.05. The molecule has 19 heavy (non-hydrogen) atoms. The summed E-state index contributed by atoms with van der Waals surface area (Å²) in [6.45, 7) is 5.22. The molecule has 0 spiro atoms. The van der Waals surface area contributed by atoms with E-state index in [1.807, 2.05) is 0 Å². The first kappa shape index (κ1) is 16.4. The van der Waals surface area contributed by atoms with Crippen LogP contribution in [0.1, 0.15) is 31.9 Å². The normalized spacial score (nSPS) is 14.9. The minimum Gasteiger partial charge on any atom is -0.234 e. The third kappa shape index (κ3) is 4.72. The first-order chi connectivity index (χ1) is 8.51. The summed E-state index contributed by atoms with van der Waals surface area (Å²) in [4.78, 5) is 0. The number of hydrogen-bond donors (Lipinski definition) is 0. The Morgan fingerprint density at radius 1 is 1.26 bits per heavy atom. The van der Waals surface area contributed by atoms with Crippen molar-refractivity contribution in [1.29, 1.82) is 0 Å². The van der Waals surface area contributed by atoms with Crippen molar-refractivity contribution in [3.63, 3.8) is 0 Å². The Morgan fingerprint density at radius 2 is 1.84 bits per heavy atom. The highest BCUT2D eigenvalue weighted by Gasteiger charge is 2.33. The van der Waals surface area contributed by atoms with Crippen LogP contribution in [0, 0.1) is 0 Å². The zero-order valence-electron chi connectivity index (χ0n) is 10.6. The number of nitrogens with zero attached hydrogens (tertiary/aromatic N) is 1. The molecule has 0 bridgehead atoms. The van der Waals surface area contributed by atoms with Crippen molar-refractivity contribution in [3.8, 4) is 0 Å². The minimum absolute atomic E-state index is 0.0332. The molecule has 0 aliphatic rings. The van der Waals surface area contributed by atoms with Crippen LogP contribution in [0.2, 0.25) is 0 Å². The van der Waals surface area contributed by atoms with Gasteiger partial charge in [0.1, 0.15) is 11.0 Å². The lowest BCUT2D eigenvalue weighted by molar-refractivity contribution is -0.138. The smallest absolute Gasteiger partial charge is 0.234 e. The first-order valence-corrected chi connectivity index (χ1v) is 7.24. The number of alkyl halides is 3. The van der Waals surface area contributed by atoms with Gasteiger partial charge in [-0.3, -0.25) is 0 Å². The summed E-state index contributed by atoms with van der Waals surface area (Å²) >= 11 is 2.85. The molecule has 0 unspecified atom stereocenters. The van der Waals surface area contributed by atoms with Crippen molar-refractivity contribution in [2.24, 2.45) is 4.40 Å². The van der Waals surface area contributed by atoms with E-state index in [4.69, 9.17) is 0 Å². The van der Waals surface area contributed by atoms with Gasteiger partial charge < -0.3 is 0 Å². The largest absolute Gasteiger partial charge is 0.417 e. The summed E-state index contributed by atoms with van der Waals surface area (Å²) < 4.78 is 52.9.